The predicted octanol–water partition coefficient (Wildman–Crippen LogP) is 11.1. The normalized spacial score (nSPS) is 11.3. The number of nitrogens with zero attached hydrogens (tertiary/aromatic N) is 4. The number of hydrogen-bond acceptors (Lipinski definition) is 4. The fraction of sp³-hybridized carbons (Fsp3) is 0. The Morgan fingerprint density at radius 2 is 0.812 bits per heavy atom. The number of pyridine rings is 2. The maximum atomic E-state index is 5.31. The Bertz CT molecular complexity index is 2600. The summed E-state index contributed by atoms with van der Waals surface area (Å²) in [5.74, 6) is 0.697. The van der Waals surface area contributed by atoms with Gasteiger partial charge in [-0.25, -0.2) is 19.9 Å². The topological polar surface area (TPSA) is 51.6 Å². The molecule has 48 heavy (non-hydrogen) atoms. The summed E-state index contributed by atoms with van der Waals surface area (Å²) in [5.41, 5.74) is 11.6. The number of rotatable bonds is 5. The van der Waals surface area contributed by atoms with Crippen molar-refractivity contribution in [3.05, 3.63) is 170 Å². The summed E-state index contributed by atoms with van der Waals surface area (Å²) in [5, 5.41) is 3.12. The molecule has 0 fully saturated rings. The molecule has 3 aromatic heterocycles. The van der Waals surface area contributed by atoms with E-state index in [1.54, 1.807) is 0 Å². The molecular weight excluding hydrogens is 585 g/mol. The highest BCUT2D eigenvalue weighted by Gasteiger charge is 2.18. The van der Waals surface area contributed by atoms with Crippen LogP contribution in [0.25, 0.3) is 89.0 Å². The van der Waals surface area contributed by atoms with Crippen LogP contribution in [0.15, 0.2) is 170 Å². The molecule has 0 saturated heterocycles. The largest absolute Gasteiger partial charge is 0.245 e. The van der Waals surface area contributed by atoms with Crippen molar-refractivity contribution in [3.8, 4) is 56.3 Å². The minimum absolute atomic E-state index is 0.697. The Kier molecular flexibility index (Phi) is 6.76. The summed E-state index contributed by atoms with van der Waals surface area (Å²) in [6.45, 7) is 0. The van der Waals surface area contributed by atoms with Crippen LogP contribution in [0, 0.1) is 0 Å². The minimum Gasteiger partial charge on any atom is -0.245 e. The van der Waals surface area contributed by atoms with E-state index in [9.17, 15) is 0 Å². The molecule has 0 atom stereocenters. The van der Waals surface area contributed by atoms with Gasteiger partial charge in [-0.2, -0.15) is 0 Å². The second kappa shape index (κ2) is 11.7. The molecule has 0 N–H and O–H groups in total. The van der Waals surface area contributed by atoms with Crippen LogP contribution in [0.3, 0.4) is 0 Å². The van der Waals surface area contributed by atoms with Crippen LogP contribution in [0.2, 0.25) is 0 Å². The van der Waals surface area contributed by atoms with Gasteiger partial charge in [0, 0.05) is 44.0 Å². The summed E-state index contributed by atoms with van der Waals surface area (Å²) in [4.78, 5) is 20.8. The van der Waals surface area contributed by atoms with Gasteiger partial charge in [-0.15, -0.1) is 0 Å². The maximum Gasteiger partial charge on any atom is 0.160 e. The van der Waals surface area contributed by atoms with E-state index in [1.165, 1.54) is 0 Å². The first kappa shape index (κ1) is 27.8. The van der Waals surface area contributed by atoms with Crippen molar-refractivity contribution in [1.82, 2.24) is 19.9 Å². The highest BCUT2D eigenvalue weighted by molar-refractivity contribution is 6.06. The van der Waals surface area contributed by atoms with Crippen molar-refractivity contribution in [2.45, 2.75) is 0 Å². The van der Waals surface area contributed by atoms with E-state index in [4.69, 9.17) is 19.9 Å². The third-order valence-corrected chi connectivity index (χ3v) is 8.89. The van der Waals surface area contributed by atoms with E-state index in [-0.39, 0.29) is 0 Å². The lowest BCUT2D eigenvalue weighted by molar-refractivity contribution is 1.23. The highest BCUT2D eigenvalue weighted by Crippen LogP contribution is 2.39. The Morgan fingerprint density at radius 3 is 1.50 bits per heavy atom. The molecule has 0 aliphatic carbocycles. The van der Waals surface area contributed by atoms with Crippen molar-refractivity contribution in [3.63, 3.8) is 0 Å². The van der Waals surface area contributed by atoms with Crippen LogP contribution in [0.1, 0.15) is 0 Å². The van der Waals surface area contributed by atoms with Gasteiger partial charge in [-0.05, 0) is 17.7 Å². The van der Waals surface area contributed by atoms with E-state index in [2.05, 4.69) is 127 Å². The van der Waals surface area contributed by atoms with Gasteiger partial charge < -0.3 is 0 Å². The summed E-state index contributed by atoms with van der Waals surface area (Å²) in [6.07, 6.45) is 0. The van der Waals surface area contributed by atoms with Crippen molar-refractivity contribution >= 4 is 32.7 Å². The summed E-state index contributed by atoms with van der Waals surface area (Å²) in [7, 11) is 0. The molecular formula is C44H28N4. The molecule has 0 bridgehead atoms. The number of fused-ring (bicyclic) bond motifs is 4. The number of para-hydroxylation sites is 1. The Labute approximate surface area is 278 Å². The van der Waals surface area contributed by atoms with Gasteiger partial charge in [0.1, 0.15) is 0 Å². The van der Waals surface area contributed by atoms with Gasteiger partial charge in [0.25, 0.3) is 0 Å². The van der Waals surface area contributed by atoms with Gasteiger partial charge in [0.2, 0.25) is 0 Å². The number of benzene rings is 6. The fourth-order valence-electron chi connectivity index (χ4n) is 6.53. The molecule has 6 aromatic carbocycles. The minimum atomic E-state index is 0.697. The maximum absolute atomic E-state index is 5.31. The third-order valence-electron chi connectivity index (χ3n) is 8.89. The quantitative estimate of drug-likeness (QED) is 0.181. The van der Waals surface area contributed by atoms with Crippen LogP contribution in [-0.2, 0) is 0 Å². The van der Waals surface area contributed by atoms with Crippen molar-refractivity contribution in [1.29, 1.82) is 0 Å². The van der Waals surface area contributed by atoms with E-state index < -0.39 is 0 Å². The highest BCUT2D eigenvalue weighted by atomic mass is 14.9. The first-order valence-corrected chi connectivity index (χ1v) is 16.1. The summed E-state index contributed by atoms with van der Waals surface area (Å²) >= 11 is 0. The van der Waals surface area contributed by atoms with E-state index in [0.29, 0.717) is 5.82 Å². The zero-order chi connectivity index (χ0) is 31.9. The van der Waals surface area contributed by atoms with Crippen LogP contribution in [-0.4, -0.2) is 19.9 Å². The van der Waals surface area contributed by atoms with Gasteiger partial charge in [0.15, 0.2) is 5.82 Å². The Balaban J connectivity index is 1.26. The molecule has 0 spiro atoms. The summed E-state index contributed by atoms with van der Waals surface area (Å²) < 4.78 is 0. The van der Waals surface area contributed by atoms with E-state index >= 15 is 0 Å². The standard InChI is InChI=1S/C44H28N4/c1-4-13-29(14-5-1)38-27-25-31-23-24-32-26-28-39(46-42(32)41(31)45-38)35-20-11-10-19-34(35)36-21-12-22-37-40(30-15-6-2-7-16-30)47-44(48-43(36)37)33-17-8-3-9-18-33/h1-28H. The molecule has 9 rings (SSSR count). The summed E-state index contributed by atoms with van der Waals surface area (Å²) in [6, 6.07) is 58.4. The van der Waals surface area contributed by atoms with Crippen LogP contribution in [0.4, 0.5) is 0 Å². The number of hydrogen-bond donors (Lipinski definition) is 0. The van der Waals surface area contributed by atoms with Gasteiger partial charge in [-0.1, -0.05) is 158 Å². The molecule has 9 aromatic rings. The molecule has 0 aliphatic heterocycles. The fourth-order valence-corrected chi connectivity index (χ4v) is 6.53. The van der Waals surface area contributed by atoms with Crippen molar-refractivity contribution < 1.29 is 0 Å². The molecule has 4 heteroatoms. The molecule has 0 saturated carbocycles. The molecule has 0 radical (unpaired) electrons. The van der Waals surface area contributed by atoms with Gasteiger partial charge in [-0.3, -0.25) is 0 Å². The first-order valence-electron chi connectivity index (χ1n) is 16.1. The SMILES string of the molecule is c1ccc(-c2ccc3ccc4ccc(-c5ccccc5-c5cccc6c(-c7ccccc7)nc(-c7ccccc7)nc56)nc4c3n2)cc1. The molecule has 0 amide bonds. The molecule has 0 aliphatic rings. The lowest BCUT2D eigenvalue weighted by atomic mass is 9.94. The first-order chi connectivity index (χ1) is 23.8. The second-order valence-electron chi connectivity index (χ2n) is 11.8. The smallest absolute Gasteiger partial charge is 0.160 e. The predicted molar refractivity (Wildman–Crippen MR) is 197 cm³/mol. The third kappa shape index (κ3) is 4.88. The number of aromatic nitrogens is 4. The van der Waals surface area contributed by atoms with Crippen molar-refractivity contribution in [2.75, 3.05) is 0 Å². The lowest BCUT2D eigenvalue weighted by Gasteiger charge is -2.15. The monoisotopic (exact) mass is 612 g/mol. The lowest BCUT2D eigenvalue weighted by Crippen LogP contribution is -1.97. The van der Waals surface area contributed by atoms with Gasteiger partial charge >= 0.3 is 0 Å². The van der Waals surface area contributed by atoms with Gasteiger partial charge in [0.05, 0.1) is 33.6 Å². The van der Waals surface area contributed by atoms with Crippen LogP contribution < -0.4 is 0 Å². The average molecular weight is 613 g/mol. The van der Waals surface area contributed by atoms with E-state index in [0.717, 1.165) is 83.2 Å². The molecule has 4 nitrogen and oxygen atoms in total. The zero-order valence-electron chi connectivity index (χ0n) is 26.0. The zero-order valence-corrected chi connectivity index (χ0v) is 26.0. The Hall–Kier alpha value is -6.52. The van der Waals surface area contributed by atoms with Crippen LogP contribution >= 0.6 is 0 Å². The average Bonchev–Trinajstić information content (AvgIpc) is 3.18. The second-order valence-corrected chi connectivity index (χ2v) is 11.8. The molecule has 0 unspecified atom stereocenters. The Morgan fingerprint density at radius 1 is 0.292 bits per heavy atom. The molecule has 224 valence electrons. The van der Waals surface area contributed by atoms with Crippen molar-refractivity contribution in [2.24, 2.45) is 0 Å². The van der Waals surface area contributed by atoms with E-state index in [1.807, 2.05) is 42.5 Å². The van der Waals surface area contributed by atoms with Crippen LogP contribution in [0.5, 0.6) is 0 Å². The molecule has 3 heterocycles.